The number of oxime groups is 1. The molecule has 35 heavy (non-hydrogen) atoms. The third-order valence-electron chi connectivity index (χ3n) is 13.7. The molecular formula is C31H49NO3. The molecule has 5 fully saturated rings. The average molecular weight is 484 g/mol. The van der Waals surface area contributed by atoms with Crippen molar-refractivity contribution in [3.63, 3.8) is 0 Å². The lowest BCUT2D eigenvalue weighted by Gasteiger charge is -2.72. The van der Waals surface area contributed by atoms with Crippen LogP contribution in [0, 0.1) is 56.7 Å². The highest BCUT2D eigenvalue weighted by Crippen LogP contribution is 2.77. The highest BCUT2D eigenvalue weighted by molar-refractivity contribution is 5.90. The SMILES string of the molecule is C=C(C)[C@@H]1CC[C@]2(C(=O)CO)CC[C@]3(C)[C@H](CC[C@@H]4[C@@]5(C)CC/C(=N\O)C(C)(C)[C@@H]5CC[C@]43C)[C@@H]12. The highest BCUT2D eigenvalue weighted by Gasteiger charge is 2.71. The minimum Gasteiger partial charge on any atom is -0.411 e. The molecule has 0 unspecified atom stereocenters. The molecule has 5 aliphatic carbocycles. The minimum absolute atomic E-state index is 0.0629. The average Bonchev–Trinajstić information content (AvgIpc) is 3.20. The Morgan fingerprint density at radius 1 is 0.943 bits per heavy atom. The molecule has 5 aliphatic rings. The van der Waals surface area contributed by atoms with Crippen molar-refractivity contribution >= 4 is 11.5 Å². The van der Waals surface area contributed by atoms with Crippen LogP contribution in [0.1, 0.15) is 106 Å². The van der Waals surface area contributed by atoms with Gasteiger partial charge in [-0.1, -0.05) is 51.9 Å². The van der Waals surface area contributed by atoms with Crippen LogP contribution in [0.15, 0.2) is 17.3 Å². The molecule has 0 aromatic heterocycles. The molecule has 5 rings (SSSR count). The monoisotopic (exact) mass is 483 g/mol. The maximum absolute atomic E-state index is 13.3. The van der Waals surface area contributed by atoms with E-state index in [4.69, 9.17) is 0 Å². The molecule has 0 aromatic carbocycles. The van der Waals surface area contributed by atoms with E-state index >= 15 is 0 Å². The zero-order valence-electron chi connectivity index (χ0n) is 23.1. The summed E-state index contributed by atoms with van der Waals surface area (Å²) in [5.74, 6) is 2.54. The summed E-state index contributed by atoms with van der Waals surface area (Å²) in [5, 5.41) is 23.5. The number of Topliss-reactive ketones (excluding diaryl/α,β-unsaturated/α-hetero) is 1. The Morgan fingerprint density at radius 3 is 2.29 bits per heavy atom. The van der Waals surface area contributed by atoms with E-state index in [0.717, 1.165) is 44.2 Å². The number of carbonyl (C=O) groups is 1. The molecule has 4 nitrogen and oxygen atoms in total. The van der Waals surface area contributed by atoms with E-state index in [2.05, 4.69) is 53.3 Å². The summed E-state index contributed by atoms with van der Waals surface area (Å²) in [5.41, 5.74) is 2.50. The van der Waals surface area contributed by atoms with Gasteiger partial charge < -0.3 is 10.3 Å². The van der Waals surface area contributed by atoms with E-state index in [9.17, 15) is 15.1 Å². The first-order valence-corrected chi connectivity index (χ1v) is 14.3. The third kappa shape index (κ3) is 3.01. The Hall–Kier alpha value is -1.16. The lowest BCUT2D eigenvalue weighted by Crippen LogP contribution is -2.66. The van der Waals surface area contributed by atoms with E-state index in [1.165, 1.54) is 31.3 Å². The fourth-order valence-corrected chi connectivity index (χ4v) is 11.8. The molecule has 0 aliphatic heterocycles. The number of fused-ring (bicyclic) bond motifs is 7. The summed E-state index contributed by atoms with van der Waals surface area (Å²) in [6, 6.07) is 0. The first kappa shape index (κ1) is 25.5. The number of ketones is 1. The number of aliphatic hydroxyl groups is 1. The van der Waals surface area contributed by atoms with Crippen LogP contribution in [0.3, 0.4) is 0 Å². The van der Waals surface area contributed by atoms with Crippen molar-refractivity contribution in [1.29, 1.82) is 0 Å². The Morgan fingerprint density at radius 2 is 1.66 bits per heavy atom. The van der Waals surface area contributed by atoms with E-state index in [1.807, 2.05) is 0 Å². The predicted molar refractivity (Wildman–Crippen MR) is 140 cm³/mol. The first-order chi connectivity index (χ1) is 16.3. The smallest absolute Gasteiger partial charge is 0.164 e. The third-order valence-corrected chi connectivity index (χ3v) is 13.7. The summed E-state index contributed by atoms with van der Waals surface area (Å²) >= 11 is 0. The molecule has 0 spiro atoms. The Kier molecular flexibility index (Phi) is 5.77. The fourth-order valence-electron chi connectivity index (χ4n) is 11.8. The van der Waals surface area contributed by atoms with Gasteiger partial charge in [0.25, 0.3) is 0 Å². The lowest BCUT2D eigenvalue weighted by atomic mass is 9.32. The van der Waals surface area contributed by atoms with Crippen molar-refractivity contribution in [3.8, 4) is 0 Å². The number of rotatable bonds is 3. The van der Waals surface area contributed by atoms with Crippen molar-refractivity contribution in [2.75, 3.05) is 6.61 Å². The van der Waals surface area contributed by atoms with Gasteiger partial charge in [0.1, 0.15) is 6.61 Å². The van der Waals surface area contributed by atoms with Crippen LogP contribution in [-0.2, 0) is 4.79 Å². The van der Waals surface area contributed by atoms with E-state index < -0.39 is 0 Å². The van der Waals surface area contributed by atoms with Crippen molar-refractivity contribution in [1.82, 2.24) is 0 Å². The quantitative estimate of drug-likeness (QED) is 0.257. The van der Waals surface area contributed by atoms with Crippen LogP contribution in [0.25, 0.3) is 0 Å². The molecule has 5 saturated carbocycles. The second kappa shape index (κ2) is 7.92. The van der Waals surface area contributed by atoms with E-state index in [1.54, 1.807) is 0 Å². The number of hydrogen-bond acceptors (Lipinski definition) is 4. The van der Waals surface area contributed by atoms with Gasteiger partial charge in [0.05, 0.1) is 5.71 Å². The van der Waals surface area contributed by atoms with Gasteiger partial charge in [-0.25, -0.2) is 0 Å². The first-order valence-electron chi connectivity index (χ1n) is 14.3. The molecule has 2 N–H and O–H groups in total. The van der Waals surface area contributed by atoms with Crippen molar-refractivity contribution in [2.45, 2.75) is 106 Å². The summed E-state index contributed by atoms with van der Waals surface area (Å²) in [6.45, 7) is 18.6. The van der Waals surface area contributed by atoms with Gasteiger partial charge in [0.2, 0.25) is 0 Å². The number of nitrogens with zero attached hydrogens (tertiary/aromatic N) is 1. The van der Waals surface area contributed by atoms with Gasteiger partial charge in [0, 0.05) is 10.8 Å². The fraction of sp³-hybridized carbons (Fsp3) is 0.871. The maximum atomic E-state index is 13.3. The Balaban J connectivity index is 1.56. The summed E-state index contributed by atoms with van der Waals surface area (Å²) in [4.78, 5) is 13.3. The Bertz CT molecular complexity index is 953. The molecule has 0 aromatic rings. The van der Waals surface area contributed by atoms with Crippen LogP contribution in [0.5, 0.6) is 0 Å². The number of aliphatic hydroxyl groups excluding tert-OH is 1. The molecule has 0 heterocycles. The van der Waals surface area contributed by atoms with Gasteiger partial charge in [-0.05, 0) is 117 Å². The van der Waals surface area contributed by atoms with Crippen molar-refractivity contribution in [2.24, 2.45) is 61.8 Å². The van der Waals surface area contributed by atoms with Crippen LogP contribution < -0.4 is 0 Å². The maximum Gasteiger partial charge on any atom is 0.164 e. The molecule has 9 atom stereocenters. The minimum atomic E-state index is -0.341. The normalized spacial score (nSPS) is 51.6. The molecule has 4 heteroatoms. The zero-order valence-corrected chi connectivity index (χ0v) is 23.1. The van der Waals surface area contributed by atoms with Crippen molar-refractivity contribution < 1.29 is 15.1 Å². The van der Waals surface area contributed by atoms with Gasteiger partial charge in [-0.2, -0.15) is 0 Å². The van der Waals surface area contributed by atoms with Crippen LogP contribution in [0.4, 0.5) is 0 Å². The zero-order chi connectivity index (χ0) is 25.6. The standard InChI is InChI=1S/C31H49NO3/c1-19(2)20-10-15-31(25(34)18-33)17-16-29(6)21(26(20)31)8-9-23-28(5)13-12-24(32-35)27(3,4)22(28)11-14-30(23,29)7/h20-23,26,33,35H,1,8-18H2,2-7H3/b32-24+/t20-,21+,22-,23+,26+,28-,29+,30+,31+/m0/s1. The number of allylic oxidation sites excluding steroid dienone is 1. The lowest BCUT2D eigenvalue weighted by molar-refractivity contribution is -0.227. The van der Waals surface area contributed by atoms with Gasteiger partial charge in [-0.15, -0.1) is 0 Å². The molecule has 0 radical (unpaired) electrons. The largest absolute Gasteiger partial charge is 0.411 e. The summed E-state index contributed by atoms with van der Waals surface area (Å²) in [6.07, 6.45) is 10.9. The number of carbonyl (C=O) groups excluding carboxylic acids is 1. The molecular weight excluding hydrogens is 434 g/mol. The molecule has 196 valence electrons. The molecule has 0 saturated heterocycles. The van der Waals surface area contributed by atoms with Crippen LogP contribution >= 0.6 is 0 Å². The summed E-state index contributed by atoms with van der Waals surface area (Å²) < 4.78 is 0. The second-order valence-corrected chi connectivity index (χ2v) is 14.7. The topological polar surface area (TPSA) is 69.9 Å². The van der Waals surface area contributed by atoms with Crippen LogP contribution in [0.2, 0.25) is 0 Å². The van der Waals surface area contributed by atoms with Gasteiger partial charge in [-0.3, -0.25) is 4.79 Å². The van der Waals surface area contributed by atoms with E-state index in [0.29, 0.717) is 29.6 Å². The number of hydrogen-bond donors (Lipinski definition) is 2. The van der Waals surface area contributed by atoms with E-state index in [-0.39, 0.29) is 39.5 Å². The molecule has 0 bridgehead atoms. The van der Waals surface area contributed by atoms with Crippen molar-refractivity contribution in [3.05, 3.63) is 12.2 Å². The van der Waals surface area contributed by atoms with Gasteiger partial charge in [0.15, 0.2) is 5.78 Å². The summed E-state index contributed by atoms with van der Waals surface area (Å²) in [7, 11) is 0. The predicted octanol–water partition coefficient (Wildman–Crippen LogP) is 7.04. The highest BCUT2D eigenvalue weighted by atomic mass is 16.4. The van der Waals surface area contributed by atoms with Gasteiger partial charge >= 0.3 is 0 Å². The van der Waals surface area contributed by atoms with Crippen LogP contribution in [-0.4, -0.2) is 28.4 Å². The second-order valence-electron chi connectivity index (χ2n) is 14.7. The Labute approximate surface area is 213 Å². The molecule has 0 amide bonds.